The van der Waals surface area contributed by atoms with Crippen molar-refractivity contribution >= 4 is 21.4 Å². The van der Waals surface area contributed by atoms with Gasteiger partial charge in [-0.3, -0.25) is 0 Å². The van der Waals surface area contributed by atoms with Crippen molar-refractivity contribution in [2.24, 2.45) is 0 Å². The fourth-order valence-corrected chi connectivity index (χ4v) is 1.37. The van der Waals surface area contributed by atoms with Crippen molar-refractivity contribution in [3.05, 3.63) is 23.5 Å². The zero-order valence-corrected chi connectivity index (χ0v) is 10.4. The highest BCUT2D eigenvalue weighted by Gasteiger charge is 2.09. The van der Waals surface area contributed by atoms with Crippen LogP contribution < -0.4 is 4.74 Å². The van der Waals surface area contributed by atoms with Crippen LogP contribution in [0.15, 0.2) is 28.7 Å². The van der Waals surface area contributed by atoms with Crippen molar-refractivity contribution in [2.45, 2.75) is 12.1 Å². The molecule has 0 radical (unpaired) electrons. The first-order chi connectivity index (χ1) is 7.39. The molecule has 88 valence electrons. The monoisotopic (exact) mass is 262 g/mol. The molecule has 1 aromatic heterocycles. The normalized spacial score (nSPS) is 12.6. The van der Waals surface area contributed by atoms with E-state index in [1.807, 2.05) is 0 Å². The number of ether oxygens (including phenoxy) is 1. The molecule has 0 N–H and O–H groups in total. The number of allylic oxidation sites excluding steroid dienone is 1. The van der Waals surface area contributed by atoms with Gasteiger partial charge in [-0.05, 0) is 13.0 Å². The summed E-state index contributed by atoms with van der Waals surface area (Å²) in [6, 6.07) is 0. The van der Waals surface area contributed by atoms with Crippen LogP contribution in [0.25, 0.3) is 0 Å². The molecule has 0 aliphatic rings. The van der Waals surface area contributed by atoms with Gasteiger partial charge >= 0.3 is 0 Å². The molecule has 7 heteroatoms. The molecular weight excluding hydrogens is 252 g/mol. The number of halogens is 1. The average Bonchev–Trinajstić information content (AvgIpc) is 2.16. The summed E-state index contributed by atoms with van der Waals surface area (Å²) in [5.41, 5.74) is 0. The highest BCUT2D eigenvalue weighted by atomic mass is 35.5. The number of hydrogen-bond acceptors (Lipinski definition) is 5. The van der Waals surface area contributed by atoms with E-state index in [2.05, 4.69) is 9.97 Å². The lowest BCUT2D eigenvalue weighted by molar-refractivity contribution is 0.358. The zero-order chi connectivity index (χ0) is 12.2. The van der Waals surface area contributed by atoms with Crippen molar-refractivity contribution in [3.63, 3.8) is 0 Å². The van der Waals surface area contributed by atoms with E-state index in [0.717, 1.165) is 6.26 Å². The molecule has 0 amide bonds. The number of nitrogens with zero attached hydrogens (tertiary/aromatic N) is 2. The van der Waals surface area contributed by atoms with E-state index in [1.54, 1.807) is 13.0 Å². The molecule has 16 heavy (non-hydrogen) atoms. The van der Waals surface area contributed by atoms with Gasteiger partial charge in [0.15, 0.2) is 5.75 Å². The van der Waals surface area contributed by atoms with Crippen molar-refractivity contribution in [1.82, 2.24) is 9.97 Å². The van der Waals surface area contributed by atoms with Crippen LogP contribution >= 0.6 is 11.6 Å². The Balaban J connectivity index is 2.69. The summed E-state index contributed by atoms with van der Waals surface area (Å²) >= 11 is 5.60. The summed E-state index contributed by atoms with van der Waals surface area (Å²) < 4.78 is 27.3. The van der Waals surface area contributed by atoms with Crippen molar-refractivity contribution in [3.8, 4) is 5.75 Å². The second-order valence-corrected chi connectivity index (χ2v) is 5.58. The van der Waals surface area contributed by atoms with Gasteiger partial charge in [0.25, 0.3) is 0 Å². The second kappa shape index (κ2) is 5.27. The van der Waals surface area contributed by atoms with Gasteiger partial charge in [-0.15, -0.1) is 0 Å². The van der Waals surface area contributed by atoms with Crippen LogP contribution in [0, 0.1) is 0 Å². The zero-order valence-electron chi connectivity index (χ0n) is 8.84. The highest BCUT2D eigenvalue weighted by molar-refractivity contribution is 7.90. The summed E-state index contributed by atoms with van der Waals surface area (Å²) in [7, 11) is -3.36. The summed E-state index contributed by atoms with van der Waals surface area (Å²) in [4.78, 5) is 7.34. The van der Waals surface area contributed by atoms with E-state index in [4.69, 9.17) is 16.3 Å². The van der Waals surface area contributed by atoms with Gasteiger partial charge in [-0.1, -0.05) is 11.6 Å². The summed E-state index contributed by atoms with van der Waals surface area (Å²) in [6.45, 7) is 2.02. The van der Waals surface area contributed by atoms with Crippen molar-refractivity contribution < 1.29 is 13.2 Å². The Kier molecular flexibility index (Phi) is 4.26. The maximum Gasteiger partial charge on any atom is 0.246 e. The Hall–Kier alpha value is -1.14. The molecule has 0 aliphatic heterocycles. The minimum atomic E-state index is -3.36. The van der Waals surface area contributed by atoms with Crippen LogP contribution in [0.3, 0.4) is 0 Å². The molecule has 0 bridgehead atoms. The lowest BCUT2D eigenvalue weighted by atomic mass is 10.5. The van der Waals surface area contributed by atoms with Crippen molar-refractivity contribution in [1.29, 1.82) is 0 Å². The second-order valence-electron chi connectivity index (χ2n) is 3.08. The standard InChI is InChI=1S/C9H11ClN2O3S/c1-7(10)3-4-15-8-5-11-9(12-6-8)16(2,13)14/h3,5-6H,4H2,1-2H3/b7-3-. The van der Waals surface area contributed by atoms with Gasteiger partial charge in [-0.25, -0.2) is 18.4 Å². The largest absolute Gasteiger partial charge is 0.486 e. The average molecular weight is 263 g/mol. The number of sulfone groups is 1. The van der Waals surface area contributed by atoms with Gasteiger partial charge in [-0.2, -0.15) is 0 Å². The minimum Gasteiger partial charge on any atom is -0.486 e. The fourth-order valence-electron chi connectivity index (χ4n) is 0.823. The van der Waals surface area contributed by atoms with E-state index >= 15 is 0 Å². The first-order valence-electron chi connectivity index (χ1n) is 4.37. The van der Waals surface area contributed by atoms with E-state index in [0.29, 0.717) is 10.8 Å². The van der Waals surface area contributed by atoms with Crippen LogP contribution in [0.2, 0.25) is 0 Å². The van der Waals surface area contributed by atoms with E-state index in [1.165, 1.54) is 12.4 Å². The Morgan fingerprint density at radius 3 is 2.50 bits per heavy atom. The third kappa shape index (κ3) is 4.16. The number of rotatable bonds is 4. The van der Waals surface area contributed by atoms with Crippen LogP contribution in [0.1, 0.15) is 6.92 Å². The molecule has 1 aromatic rings. The molecule has 0 spiro atoms. The van der Waals surface area contributed by atoms with Gasteiger partial charge in [0, 0.05) is 11.3 Å². The lowest BCUT2D eigenvalue weighted by Gasteiger charge is -2.02. The molecule has 1 heterocycles. The topological polar surface area (TPSA) is 69.2 Å². The third-order valence-corrected chi connectivity index (χ3v) is 2.58. The summed E-state index contributed by atoms with van der Waals surface area (Å²) in [5, 5.41) is 0.401. The van der Waals surface area contributed by atoms with Gasteiger partial charge in [0.05, 0.1) is 12.4 Å². The predicted octanol–water partition coefficient (Wildman–Crippen LogP) is 1.40. The summed E-state index contributed by atoms with van der Waals surface area (Å²) in [6.07, 6.45) is 5.33. The predicted molar refractivity (Wildman–Crippen MR) is 60.2 cm³/mol. The Bertz CT molecular complexity index is 478. The quantitative estimate of drug-likeness (QED) is 0.767. The lowest BCUT2D eigenvalue weighted by Crippen LogP contribution is -2.04. The fraction of sp³-hybridized carbons (Fsp3) is 0.333. The van der Waals surface area contributed by atoms with Gasteiger partial charge in [0.1, 0.15) is 6.61 Å². The summed E-state index contributed by atoms with van der Waals surface area (Å²) in [5.74, 6) is 0.390. The molecule has 0 atom stereocenters. The molecule has 0 fully saturated rings. The molecule has 0 aliphatic carbocycles. The molecular formula is C9H11ClN2O3S. The molecule has 5 nitrogen and oxygen atoms in total. The molecule has 0 unspecified atom stereocenters. The Morgan fingerprint density at radius 2 is 2.06 bits per heavy atom. The highest BCUT2D eigenvalue weighted by Crippen LogP contribution is 2.09. The maximum atomic E-state index is 11.1. The Labute approximate surface area is 99.0 Å². The number of aromatic nitrogens is 2. The van der Waals surface area contributed by atoms with Crippen molar-refractivity contribution in [2.75, 3.05) is 12.9 Å². The number of hydrogen-bond donors (Lipinski definition) is 0. The van der Waals surface area contributed by atoms with Crippen LogP contribution in [-0.2, 0) is 9.84 Å². The van der Waals surface area contributed by atoms with E-state index in [9.17, 15) is 8.42 Å². The minimum absolute atomic E-state index is 0.219. The maximum absolute atomic E-state index is 11.1. The van der Waals surface area contributed by atoms with Crippen LogP contribution in [0.4, 0.5) is 0 Å². The third-order valence-electron chi connectivity index (χ3n) is 1.55. The van der Waals surface area contributed by atoms with Crippen LogP contribution in [0.5, 0.6) is 5.75 Å². The van der Waals surface area contributed by atoms with E-state index < -0.39 is 9.84 Å². The first kappa shape index (κ1) is 12.9. The molecule has 0 saturated heterocycles. The molecule has 0 aromatic carbocycles. The SMILES string of the molecule is C/C(Cl)=C/COc1cnc(S(C)(=O)=O)nc1. The van der Waals surface area contributed by atoms with Gasteiger partial charge < -0.3 is 4.74 Å². The molecule has 0 saturated carbocycles. The van der Waals surface area contributed by atoms with E-state index in [-0.39, 0.29) is 11.8 Å². The van der Waals surface area contributed by atoms with Crippen LogP contribution in [-0.4, -0.2) is 31.2 Å². The first-order valence-corrected chi connectivity index (χ1v) is 6.63. The molecule has 1 rings (SSSR count). The Morgan fingerprint density at radius 1 is 1.50 bits per heavy atom. The van der Waals surface area contributed by atoms with Gasteiger partial charge in [0.2, 0.25) is 15.0 Å². The smallest absolute Gasteiger partial charge is 0.246 e.